The van der Waals surface area contributed by atoms with Gasteiger partial charge in [-0.1, -0.05) is 36.2 Å². The van der Waals surface area contributed by atoms with Crippen LogP contribution in [0.4, 0.5) is 0 Å². The molecular weight excluding hydrogens is 305 g/mol. The Bertz CT molecular complexity index is 614. The molecule has 0 spiro atoms. The van der Waals surface area contributed by atoms with E-state index in [9.17, 15) is 0 Å². The lowest BCUT2D eigenvalue weighted by molar-refractivity contribution is 0.528. The minimum atomic E-state index is 0.166. The van der Waals surface area contributed by atoms with Gasteiger partial charge in [0.1, 0.15) is 0 Å². The van der Waals surface area contributed by atoms with Gasteiger partial charge >= 0.3 is 0 Å². The normalized spacial score (nSPS) is 12.7. The molecule has 21 heavy (non-hydrogen) atoms. The number of rotatable bonds is 5. The highest BCUT2D eigenvalue weighted by Gasteiger charge is 2.18. The summed E-state index contributed by atoms with van der Waals surface area (Å²) in [6.07, 6.45) is 0.782. The van der Waals surface area contributed by atoms with Gasteiger partial charge in [0.15, 0.2) is 0 Å². The second-order valence-electron chi connectivity index (χ2n) is 5.35. The highest BCUT2D eigenvalue weighted by Crippen LogP contribution is 2.27. The molecule has 0 bridgehead atoms. The van der Waals surface area contributed by atoms with E-state index in [1.54, 1.807) is 0 Å². The van der Waals surface area contributed by atoms with Crippen LogP contribution >= 0.6 is 23.2 Å². The maximum Gasteiger partial charge on any atom is 0.0847 e. The highest BCUT2D eigenvalue weighted by atomic mass is 35.5. The number of nitrogens with zero attached hydrogens (tertiary/aromatic N) is 2. The summed E-state index contributed by atoms with van der Waals surface area (Å²) < 4.78 is 1.86. The van der Waals surface area contributed by atoms with Crippen molar-refractivity contribution in [3.8, 4) is 0 Å². The SMILES string of the molecule is CCNC(Cc1c(Cl)c(C)nn1C)c1cc(C)cc(Cl)c1. The van der Waals surface area contributed by atoms with Crippen molar-refractivity contribution in [3.05, 3.63) is 50.8 Å². The molecule has 0 aliphatic heterocycles. The van der Waals surface area contributed by atoms with Crippen LogP contribution in [0, 0.1) is 13.8 Å². The standard InChI is InChI=1S/C16H21Cl2N3/c1-5-19-14(12-6-10(2)7-13(17)8-12)9-15-16(18)11(3)20-21(15)4/h6-8,14,19H,5,9H2,1-4H3. The van der Waals surface area contributed by atoms with Crippen LogP contribution in [0.15, 0.2) is 18.2 Å². The zero-order chi connectivity index (χ0) is 15.6. The summed E-state index contributed by atoms with van der Waals surface area (Å²) in [5.41, 5.74) is 4.24. The third-order valence-electron chi connectivity index (χ3n) is 3.58. The van der Waals surface area contributed by atoms with Crippen molar-refractivity contribution >= 4 is 23.2 Å². The number of aromatic nitrogens is 2. The van der Waals surface area contributed by atoms with Gasteiger partial charge in [-0.15, -0.1) is 0 Å². The van der Waals surface area contributed by atoms with Crippen LogP contribution in [0.2, 0.25) is 10.0 Å². The molecule has 1 unspecified atom stereocenters. The molecule has 0 radical (unpaired) electrons. The van der Waals surface area contributed by atoms with Crippen molar-refractivity contribution in [1.29, 1.82) is 0 Å². The molecule has 0 aliphatic rings. The Kier molecular flexibility index (Phi) is 5.31. The summed E-state index contributed by atoms with van der Waals surface area (Å²) in [6.45, 7) is 6.96. The highest BCUT2D eigenvalue weighted by molar-refractivity contribution is 6.32. The molecule has 2 aromatic rings. The van der Waals surface area contributed by atoms with E-state index in [0.717, 1.165) is 40.0 Å². The number of likely N-dealkylation sites (N-methyl/N-ethyl adjacent to an activating group) is 1. The van der Waals surface area contributed by atoms with Gasteiger partial charge in [-0.3, -0.25) is 4.68 Å². The fourth-order valence-corrected chi connectivity index (χ4v) is 3.15. The van der Waals surface area contributed by atoms with E-state index in [2.05, 4.69) is 30.3 Å². The Hall–Kier alpha value is -1.03. The van der Waals surface area contributed by atoms with E-state index >= 15 is 0 Å². The molecule has 0 saturated heterocycles. The molecular formula is C16H21Cl2N3. The van der Waals surface area contributed by atoms with Crippen molar-refractivity contribution in [1.82, 2.24) is 15.1 Å². The van der Waals surface area contributed by atoms with E-state index in [-0.39, 0.29) is 6.04 Å². The Balaban J connectivity index is 2.35. The van der Waals surface area contributed by atoms with Crippen molar-refractivity contribution in [3.63, 3.8) is 0 Å². The molecule has 0 aliphatic carbocycles. The van der Waals surface area contributed by atoms with Crippen molar-refractivity contribution in [2.45, 2.75) is 33.2 Å². The van der Waals surface area contributed by atoms with Crippen LogP contribution < -0.4 is 5.32 Å². The molecule has 5 heteroatoms. The third-order valence-corrected chi connectivity index (χ3v) is 4.29. The van der Waals surface area contributed by atoms with E-state index in [4.69, 9.17) is 23.2 Å². The quantitative estimate of drug-likeness (QED) is 0.891. The van der Waals surface area contributed by atoms with Gasteiger partial charge < -0.3 is 5.32 Å². The van der Waals surface area contributed by atoms with Crippen molar-refractivity contribution in [2.75, 3.05) is 6.54 Å². The minimum absolute atomic E-state index is 0.166. The summed E-state index contributed by atoms with van der Waals surface area (Å²) in [6, 6.07) is 6.31. The zero-order valence-corrected chi connectivity index (χ0v) is 14.4. The molecule has 0 amide bonds. The molecule has 2 rings (SSSR count). The first-order valence-electron chi connectivity index (χ1n) is 7.10. The summed E-state index contributed by atoms with van der Waals surface area (Å²) in [7, 11) is 1.93. The fourth-order valence-electron chi connectivity index (χ4n) is 2.62. The Morgan fingerprint density at radius 1 is 1.24 bits per heavy atom. The second kappa shape index (κ2) is 6.82. The van der Waals surface area contributed by atoms with Gasteiger partial charge in [-0.2, -0.15) is 5.10 Å². The van der Waals surface area contributed by atoms with Gasteiger partial charge in [0.05, 0.1) is 16.4 Å². The maximum atomic E-state index is 6.37. The van der Waals surface area contributed by atoms with Gasteiger partial charge in [0.25, 0.3) is 0 Å². The maximum absolute atomic E-state index is 6.37. The number of nitrogens with one attached hydrogen (secondary N) is 1. The monoisotopic (exact) mass is 325 g/mol. The number of aryl methyl sites for hydroxylation is 3. The molecule has 3 nitrogen and oxygen atoms in total. The van der Waals surface area contributed by atoms with E-state index < -0.39 is 0 Å². The number of benzene rings is 1. The smallest absolute Gasteiger partial charge is 0.0847 e. The minimum Gasteiger partial charge on any atom is -0.310 e. The van der Waals surface area contributed by atoms with Crippen molar-refractivity contribution in [2.24, 2.45) is 7.05 Å². The molecule has 1 atom stereocenters. The van der Waals surface area contributed by atoms with E-state index in [0.29, 0.717) is 0 Å². The van der Waals surface area contributed by atoms with Crippen LogP contribution in [0.3, 0.4) is 0 Å². The Morgan fingerprint density at radius 2 is 1.95 bits per heavy atom. The Labute approximate surface area is 136 Å². The van der Waals surface area contributed by atoms with Gasteiger partial charge in [-0.05, 0) is 43.7 Å². The zero-order valence-electron chi connectivity index (χ0n) is 12.9. The van der Waals surface area contributed by atoms with Crippen molar-refractivity contribution < 1.29 is 0 Å². The lowest BCUT2D eigenvalue weighted by Crippen LogP contribution is -2.24. The summed E-state index contributed by atoms with van der Waals surface area (Å²) in [4.78, 5) is 0. The molecule has 0 saturated carbocycles. The van der Waals surface area contributed by atoms with Gasteiger partial charge in [0, 0.05) is 24.5 Å². The van der Waals surface area contributed by atoms with Crippen LogP contribution in [-0.4, -0.2) is 16.3 Å². The van der Waals surface area contributed by atoms with E-state index in [1.165, 1.54) is 5.56 Å². The Morgan fingerprint density at radius 3 is 2.48 bits per heavy atom. The molecule has 1 heterocycles. The van der Waals surface area contributed by atoms with E-state index in [1.807, 2.05) is 30.8 Å². The summed E-state index contributed by atoms with van der Waals surface area (Å²) >= 11 is 12.6. The topological polar surface area (TPSA) is 29.9 Å². The van der Waals surface area contributed by atoms with Gasteiger partial charge in [-0.25, -0.2) is 0 Å². The van der Waals surface area contributed by atoms with Gasteiger partial charge in [0.2, 0.25) is 0 Å². The first-order chi connectivity index (χ1) is 9.92. The average Bonchev–Trinajstić information content (AvgIpc) is 2.63. The predicted octanol–water partition coefficient (Wildman–Crippen LogP) is 4.24. The average molecular weight is 326 g/mol. The van der Waals surface area contributed by atoms with Crippen LogP contribution in [0.25, 0.3) is 0 Å². The molecule has 114 valence electrons. The fraction of sp³-hybridized carbons (Fsp3) is 0.438. The molecule has 1 N–H and O–H groups in total. The first-order valence-corrected chi connectivity index (χ1v) is 7.86. The summed E-state index contributed by atoms with van der Waals surface area (Å²) in [5.74, 6) is 0. The van der Waals surface area contributed by atoms with Crippen LogP contribution in [-0.2, 0) is 13.5 Å². The number of halogens is 2. The third kappa shape index (κ3) is 3.79. The predicted molar refractivity (Wildman–Crippen MR) is 89.3 cm³/mol. The number of hydrogen-bond acceptors (Lipinski definition) is 2. The second-order valence-corrected chi connectivity index (χ2v) is 6.16. The lowest BCUT2D eigenvalue weighted by Gasteiger charge is -2.19. The molecule has 0 fully saturated rings. The largest absolute Gasteiger partial charge is 0.310 e. The molecule has 1 aromatic carbocycles. The number of hydrogen-bond donors (Lipinski definition) is 1. The van der Waals surface area contributed by atoms with Crippen LogP contribution in [0.5, 0.6) is 0 Å². The first kappa shape index (κ1) is 16.3. The molecule has 1 aromatic heterocycles. The van der Waals surface area contributed by atoms with Crippen LogP contribution in [0.1, 0.15) is 35.5 Å². The lowest BCUT2D eigenvalue weighted by atomic mass is 10.00. The summed E-state index contributed by atoms with van der Waals surface area (Å²) in [5, 5.41) is 9.40.